The number of nitrogens with one attached hydrogen (secondary N) is 1. The summed E-state index contributed by atoms with van der Waals surface area (Å²) < 4.78 is 29.9. The molecule has 1 aliphatic rings. The molecule has 1 amide bonds. The van der Waals surface area contributed by atoms with Crippen molar-refractivity contribution in [1.29, 1.82) is 0 Å². The quantitative estimate of drug-likeness (QED) is 0.234. The third kappa shape index (κ3) is 5.99. The van der Waals surface area contributed by atoms with Crippen molar-refractivity contribution in [3.05, 3.63) is 84.4 Å². The zero-order valence-corrected chi connectivity index (χ0v) is 24.3. The van der Waals surface area contributed by atoms with Crippen LogP contribution in [0.5, 0.6) is 0 Å². The summed E-state index contributed by atoms with van der Waals surface area (Å²) in [5, 5.41) is 12.5. The minimum atomic E-state index is -3.59. The average molecular weight is 576 g/mol. The molecule has 10 heteroatoms. The third-order valence-corrected chi connectivity index (χ3v) is 9.98. The molecule has 5 rings (SSSR count). The van der Waals surface area contributed by atoms with Gasteiger partial charge in [-0.25, -0.2) is 8.42 Å². The molecule has 0 spiro atoms. The first-order valence-corrected chi connectivity index (χ1v) is 15.9. The Morgan fingerprint density at radius 1 is 0.975 bits per heavy atom. The molecular formula is C30H33N5O3S2. The highest BCUT2D eigenvalue weighted by Gasteiger charge is 2.28. The van der Waals surface area contributed by atoms with E-state index in [0.717, 1.165) is 36.2 Å². The summed E-state index contributed by atoms with van der Waals surface area (Å²) >= 11 is 1.29. The lowest BCUT2D eigenvalue weighted by atomic mass is 9.97. The fourth-order valence-electron chi connectivity index (χ4n) is 4.81. The van der Waals surface area contributed by atoms with Crippen molar-refractivity contribution in [1.82, 2.24) is 19.1 Å². The predicted molar refractivity (Wildman–Crippen MR) is 159 cm³/mol. The number of anilines is 1. The van der Waals surface area contributed by atoms with Gasteiger partial charge in [0.1, 0.15) is 0 Å². The van der Waals surface area contributed by atoms with Gasteiger partial charge >= 0.3 is 0 Å². The number of benzene rings is 3. The van der Waals surface area contributed by atoms with E-state index in [1.54, 1.807) is 18.2 Å². The number of amides is 1. The van der Waals surface area contributed by atoms with Crippen LogP contribution < -0.4 is 5.32 Å². The lowest BCUT2D eigenvalue weighted by molar-refractivity contribution is -0.113. The van der Waals surface area contributed by atoms with Gasteiger partial charge in [-0.3, -0.25) is 9.36 Å². The SMILES string of the molecule is CCC(C)c1ccccc1NC(=O)CSc1nnc(-c2cccc(S(=O)(=O)N3CCCC3)c2)n1-c1ccccc1. The van der Waals surface area contributed by atoms with Gasteiger partial charge in [0.2, 0.25) is 15.9 Å². The molecule has 0 radical (unpaired) electrons. The van der Waals surface area contributed by atoms with Crippen molar-refractivity contribution < 1.29 is 13.2 Å². The highest BCUT2D eigenvalue weighted by molar-refractivity contribution is 7.99. The zero-order chi connectivity index (χ0) is 28.1. The number of carbonyl (C=O) groups excluding carboxylic acids is 1. The number of rotatable bonds is 10. The van der Waals surface area contributed by atoms with Crippen LogP contribution in [0.25, 0.3) is 17.1 Å². The standard InChI is InChI=1S/C30H33N5O3S2/c1-3-22(2)26-16-7-8-17-27(26)31-28(36)21-39-30-33-32-29(35(30)24-13-5-4-6-14-24)23-12-11-15-25(20-23)40(37,38)34-18-9-10-19-34/h4-8,11-17,20,22H,3,9-10,18-19,21H2,1-2H3,(H,31,36). The van der Waals surface area contributed by atoms with Gasteiger partial charge in [-0.05, 0) is 61.1 Å². The molecule has 2 heterocycles. The number of para-hydroxylation sites is 2. The molecule has 1 unspecified atom stereocenters. The molecule has 40 heavy (non-hydrogen) atoms. The topological polar surface area (TPSA) is 97.2 Å². The van der Waals surface area contributed by atoms with E-state index in [1.165, 1.54) is 16.1 Å². The van der Waals surface area contributed by atoms with E-state index >= 15 is 0 Å². The molecule has 1 fully saturated rings. The van der Waals surface area contributed by atoms with Gasteiger partial charge in [0.25, 0.3) is 0 Å². The molecule has 0 aliphatic carbocycles. The fraction of sp³-hybridized carbons (Fsp3) is 0.300. The van der Waals surface area contributed by atoms with E-state index < -0.39 is 10.0 Å². The van der Waals surface area contributed by atoms with Crippen LogP contribution in [0.3, 0.4) is 0 Å². The van der Waals surface area contributed by atoms with E-state index in [-0.39, 0.29) is 16.6 Å². The Bertz CT molecular complexity index is 1580. The molecule has 208 valence electrons. The van der Waals surface area contributed by atoms with Gasteiger partial charge in [-0.1, -0.05) is 74.1 Å². The van der Waals surface area contributed by atoms with Crippen LogP contribution in [0, 0.1) is 0 Å². The maximum Gasteiger partial charge on any atom is 0.243 e. The lowest BCUT2D eigenvalue weighted by Gasteiger charge is -2.16. The van der Waals surface area contributed by atoms with Crippen molar-refractivity contribution in [2.45, 2.75) is 49.1 Å². The molecule has 1 atom stereocenters. The monoisotopic (exact) mass is 575 g/mol. The second kappa shape index (κ2) is 12.4. The Balaban J connectivity index is 1.42. The van der Waals surface area contributed by atoms with Crippen molar-refractivity contribution in [2.24, 2.45) is 0 Å². The Morgan fingerprint density at radius 3 is 2.45 bits per heavy atom. The van der Waals surface area contributed by atoms with Gasteiger partial charge < -0.3 is 5.32 Å². The number of carbonyl (C=O) groups is 1. The summed E-state index contributed by atoms with van der Waals surface area (Å²) in [7, 11) is -3.59. The second-order valence-corrected chi connectivity index (χ2v) is 12.7. The molecule has 1 N–H and O–H groups in total. The summed E-state index contributed by atoms with van der Waals surface area (Å²) in [6.45, 7) is 5.36. The summed E-state index contributed by atoms with van der Waals surface area (Å²) in [6.07, 6.45) is 2.72. The Hall–Kier alpha value is -3.47. The first-order valence-electron chi connectivity index (χ1n) is 13.5. The largest absolute Gasteiger partial charge is 0.325 e. The van der Waals surface area contributed by atoms with Crippen molar-refractivity contribution >= 4 is 33.4 Å². The molecule has 3 aromatic carbocycles. The lowest BCUT2D eigenvalue weighted by Crippen LogP contribution is -2.27. The minimum Gasteiger partial charge on any atom is -0.325 e. The molecule has 1 aliphatic heterocycles. The number of thioether (sulfide) groups is 1. The van der Waals surface area contributed by atoms with Crippen molar-refractivity contribution in [2.75, 3.05) is 24.2 Å². The van der Waals surface area contributed by atoms with Crippen LogP contribution >= 0.6 is 11.8 Å². The van der Waals surface area contributed by atoms with Gasteiger partial charge in [0, 0.05) is 30.0 Å². The highest BCUT2D eigenvalue weighted by Crippen LogP contribution is 2.31. The summed E-state index contributed by atoms with van der Waals surface area (Å²) in [4.78, 5) is 13.2. The van der Waals surface area contributed by atoms with Gasteiger partial charge in [-0.2, -0.15) is 4.31 Å². The first kappa shape index (κ1) is 28.1. The van der Waals surface area contributed by atoms with Crippen molar-refractivity contribution in [3.63, 3.8) is 0 Å². The smallest absolute Gasteiger partial charge is 0.243 e. The Labute approximate surface area is 239 Å². The van der Waals surface area contributed by atoms with Crippen molar-refractivity contribution in [3.8, 4) is 17.1 Å². The Morgan fingerprint density at radius 2 is 1.70 bits per heavy atom. The first-order chi connectivity index (χ1) is 19.4. The normalized spacial score (nSPS) is 14.8. The maximum absolute atomic E-state index is 13.2. The van der Waals surface area contributed by atoms with Crippen LogP contribution in [0.2, 0.25) is 0 Å². The van der Waals surface area contributed by atoms with E-state index in [9.17, 15) is 13.2 Å². The highest BCUT2D eigenvalue weighted by atomic mass is 32.2. The van der Waals surface area contributed by atoms with Crippen LogP contribution in [0.1, 0.15) is 44.6 Å². The van der Waals surface area contributed by atoms with Crippen LogP contribution in [0.4, 0.5) is 5.69 Å². The van der Waals surface area contributed by atoms with E-state index in [4.69, 9.17) is 0 Å². The summed E-state index contributed by atoms with van der Waals surface area (Å²) in [6, 6.07) is 24.4. The average Bonchev–Trinajstić information content (AvgIpc) is 3.68. The minimum absolute atomic E-state index is 0.136. The van der Waals surface area contributed by atoms with Gasteiger partial charge in [-0.15, -0.1) is 10.2 Å². The Kier molecular flexibility index (Phi) is 8.68. The van der Waals surface area contributed by atoms with E-state index in [2.05, 4.69) is 29.4 Å². The van der Waals surface area contributed by atoms with Crippen LogP contribution in [0.15, 0.2) is 88.9 Å². The molecule has 1 saturated heterocycles. The van der Waals surface area contributed by atoms with E-state index in [0.29, 0.717) is 35.6 Å². The summed E-state index contributed by atoms with van der Waals surface area (Å²) in [5.74, 6) is 0.847. The molecule has 0 bridgehead atoms. The van der Waals surface area contributed by atoms with E-state index in [1.807, 2.05) is 65.2 Å². The molecule has 4 aromatic rings. The number of hydrogen-bond donors (Lipinski definition) is 1. The van der Waals surface area contributed by atoms with Crippen LogP contribution in [-0.4, -0.2) is 52.2 Å². The number of sulfonamides is 1. The third-order valence-electron chi connectivity index (χ3n) is 7.15. The van der Waals surface area contributed by atoms with Gasteiger partial charge in [0.05, 0.1) is 10.6 Å². The zero-order valence-electron chi connectivity index (χ0n) is 22.7. The predicted octanol–water partition coefficient (Wildman–Crippen LogP) is 5.96. The molecule has 0 saturated carbocycles. The number of hydrogen-bond acceptors (Lipinski definition) is 6. The maximum atomic E-state index is 13.2. The van der Waals surface area contributed by atoms with Crippen LogP contribution in [-0.2, 0) is 14.8 Å². The number of nitrogens with zero attached hydrogens (tertiary/aromatic N) is 4. The molecular weight excluding hydrogens is 542 g/mol. The fourth-order valence-corrected chi connectivity index (χ4v) is 7.13. The number of aromatic nitrogens is 3. The molecule has 1 aromatic heterocycles. The second-order valence-electron chi connectivity index (χ2n) is 9.85. The molecule has 8 nitrogen and oxygen atoms in total. The summed E-state index contributed by atoms with van der Waals surface area (Å²) in [5.41, 5.74) is 3.39. The van der Waals surface area contributed by atoms with Gasteiger partial charge in [0.15, 0.2) is 11.0 Å².